The summed E-state index contributed by atoms with van der Waals surface area (Å²) < 4.78 is 2.33. The molecule has 0 radical (unpaired) electrons. The summed E-state index contributed by atoms with van der Waals surface area (Å²) in [7, 11) is 0. The van der Waals surface area contributed by atoms with Crippen molar-refractivity contribution in [3.63, 3.8) is 0 Å². The Labute approximate surface area is 176 Å². The topological polar surface area (TPSA) is 36.1 Å². The monoisotopic (exact) mass is 444 g/mol. The van der Waals surface area contributed by atoms with Crippen molar-refractivity contribution in [3.05, 3.63) is 105 Å². The van der Waals surface area contributed by atoms with Crippen molar-refractivity contribution < 1.29 is 0 Å². The van der Waals surface area contributed by atoms with Crippen LogP contribution in [0.3, 0.4) is 0 Å². The molecule has 4 rings (SSSR count). The summed E-state index contributed by atoms with van der Waals surface area (Å²) in [6.45, 7) is 0. The number of halogens is 1. The first kappa shape index (κ1) is 18.6. The fraction of sp³-hybridized carbons (Fsp3) is 0.0833. The van der Waals surface area contributed by atoms with Crippen LogP contribution in [0.1, 0.15) is 16.7 Å². The van der Waals surface area contributed by atoms with Crippen LogP contribution in [0.5, 0.6) is 0 Å². The third kappa shape index (κ3) is 4.22. The summed E-state index contributed by atoms with van der Waals surface area (Å²) in [6, 6.07) is 30.5. The first-order valence-electron chi connectivity index (χ1n) is 8.99. The van der Waals surface area contributed by atoms with E-state index in [1.807, 2.05) is 60.7 Å². The van der Waals surface area contributed by atoms with Crippen molar-refractivity contribution in [2.45, 2.75) is 12.5 Å². The van der Waals surface area contributed by atoms with Crippen LogP contribution in [0.15, 0.2) is 93.7 Å². The highest BCUT2D eigenvalue weighted by Crippen LogP contribution is 2.30. The van der Waals surface area contributed by atoms with Gasteiger partial charge in [0.05, 0.1) is 15.6 Å². The molecule has 0 aliphatic carbocycles. The average Bonchev–Trinajstić information content (AvgIpc) is 3.11. The lowest BCUT2D eigenvalue weighted by atomic mass is 10.0. The number of hydrogen-bond acceptors (Lipinski definition) is 3. The number of rotatable bonds is 5. The van der Waals surface area contributed by atoms with Gasteiger partial charge in [0.15, 0.2) is 0 Å². The van der Waals surface area contributed by atoms with E-state index in [0.29, 0.717) is 6.42 Å². The van der Waals surface area contributed by atoms with Crippen LogP contribution in [0, 0.1) is 11.3 Å². The second-order valence-electron chi connectivity index (χ2n) is 6.48. The van der Waals surface area contributed by atoms with Crippen molar-refractivity contribution in [2.24, 2.45) is 4.99 Å². The Balaban J connectivity index is 1.69. The standard InChI is InChI=1S/C24H17BrN2S/c25-23-15-20-12-11-17(14-22(20)28-23)13-21(16-26)27-24(18-7-3-1-4-8-18)19-9-5-2-6-10-19/h1-12,14-15,21H,13H2. The number of benzene rings is 3. The van der Waals surface area contributed by atoms with E-state index in [2.05, 4.69) is 46.3 Å². The molecule has 0 saturated heterocycles. The van der Waals surface area contributed by atoms with Crippen LogP contribution in [-0.4, -0.2) is 11.8 Å². The molecule has 0 N–H and O–H groups in total. The van der Waals surface area contributed by atoms with Gasteiger partial charge in [-0.15, -0.1) is 11.3 Å². The Hall–Kier alpha value is -2.74. The number of nitrogens with zero attached hydrogens (tertiary/aromatic N) is 2. The predicted octanol–water partition coefficient (Wildman–Crippen LogP) is 6.64. The molecular weight excluding hydrogens is 428 g/mol. The molecule has 0 fully saturated rings. The van der Waals surface area contributed by atoms with E-state index < -0.39 is 6.04 Å². The van der Waals surface area contributed by atoms with Gasteiger partial charge < -0.3 is 0 Å². The highest BCUT2D eigenvalue weighted by atomic mass is 79.9. The summed E-state index contributed by atoms with van der Waals surface area (Å²) in [4.78, 5) is 4.87. The van der Waals surface area contributed by atoms with Gasteiger partial charge in [0.2, 0.25) is 0 Å². The number of fused-ring (bicyclic) bond motifs is 1. The van der Waals surface area contributed by atoms with Crippen LogP contribution in [-0.2, 0) is 6.42 Å². The smallest absolute Gasteiger partial charge is 0.141 e. The number of thiophene rings is 1. The molecule has 1 heterocycles. The van der Waals surface area contributed by atoms with Crippen molar-refractivity contribution in [2.75, 3.05) is 0 Å². The van der Waals surface area contributed by atoms with E-state index in [9.17, 15) is 5.26 Å². The third-order valence-corrected chi connectivity index (χ3v) is 6.11. The zero-order valence-corrected chi connectivity index (χ0v) is 17.5. The number of hydrogen-bond donors (Lipinski definition) is 0. The quantitative estimate of drug-likeness (QED) is 0.318. The zero-order chi connectivity index (χ0) is 19.3. The van der Waals surface area contributed by atoms with E-state index in [1.54, 1.807) is 11.3 Å². The molecule has 3 aromatic carbocycles. The fourth-order valence-electron chi connectivity index (χ4n) is 3.18. The summed E-state index contributed by atoms with van der Waals surface area (Å²) in [5.74, 6) is 0. The Kier molecular flexibility index (Phi) is 5.66. The molecule has 0 bridgehead atoms. The van der Waals surface area contributed by atoms with Gasteiger partial charge in [-0.2, -0.15) is 5.26 Å². The van der Waals surface area contributed by atoms with E-state index in [4.69, 9.17) is 4.99 Å². The minimum atomic E-state index is -0.448. The minimum Gasteiger partial charge on any atom is -0.265 e. The van der Waals surface area contributed by atoms with Gasteiger partial charge in [-0.1, -0.05) is 72.8 Å². The molecule has 4 aromatic rings. The van der Waals surface area contributed by atoms with Gasteiger partial charge in [0.25, 0.3) is 0 Å². The summed E-state index contributed by atoms with van der Waals surface area (Å²) in [5.41, 5.74) is 4.02. The van der Waals surface area contributed by atoms with Crippen molar-refractivity contribution in [1.29, 1.82) is 5.26 Å². The number of nitriles is 1. The van der Waals surface area contributed by atoms with E-state index in [1.165, 1.54) is 10.1 Å². The van der Waals surface area contributed by atoms with Crippen LogP contribution < -0.4 is 0 Å². The van der Waals surface area contributed by atoms with E-state index in [0.717, 1.165) is 26.2 Å². The average molecular weight is 445 g/mol. The SMILES string of the molecule is N#CC(Cc1ccc2cc(Br)sc2c1)N=C(c1ccccc1)c1ccccc1. The first-order chi connectivity index (χ1) is 13.7. The largest absolute Gasteiger partial charge is 0.265 e. The molecule has 136 valence electrons. The summed E-state index contributed by atoms with van der Waals surface area (Å²) in [6.07, 6.45) is 0.588. The Morgan fingerprint density at radius 3 is 2.18 bits per heavy atom. The van der Waals surface area contributed by atoms with Crippen LogP contribution in [0.2, 0.25) is 0 Å². The highest BCUT2D eigenvalue weighted by molar-refractivity contribution is 9.11. The molecule has 0 aliphatic rings. The summed E-state index contributed by atoms with van der Waals surface area (Å²) in [5, 5.41) is 11.0. The molecule has 0 aliphatic heterocycles. The Bertz CT molecular complexity index is 1120. The third-order valence-electron chi connectivity index (χ3n) is 4.51. The molecule has 0 spiro atoms. The molecule has 1 aromatic heterocycles. The van der Waals surface area contributed by atoms with Gasteiger partial charge in [0, 0.05) is 22.2 Å². The molecule has 0 amide bonds. The van der Waals surface area contributed by atoms with Gasteiger partial charge in [-0.05, 0) is 39.0 Å². The lowest BCUT2D eigenvalue weighted by Gasteiger charge is -2.11. The van der Waals surface area contributed by atoms with Crippen molar-refractivity contribution >= 4 is 43.1 Å². The Morgan fingerprint density at radius 2 is 1.57 bits per heavy atom. The fourth-order valence-corrected chi connectivity index (χ4v) is 4.80. The van der Waals surface area contributed by atoms with E-state index in [-0.39, 0.29) is 0 Å². The lowest BCUT2D eigenvalue weighted by molar-refractivity contribution is 0.826. The second-order valence-corrected chi connectivity index (χ2v) is 8.94. The second kappa shape index (κ2) is 8.52. The van der Waals surface area contributed by atoms with Crippen LogP contribution in [0.4, 0.5) is 0 Å². The molecule has 1 unspecified atom stereocenters. The maximum Gasteiger partial charge on any atom is 0.141 e. The first-order valence-corrected chi connectivity index (χ1v) is 10.6. The summed E-state index contributed by atoms with van der Waals surface area (Å²) >= 11 is 5.25. The van der Waals surface area contributed by atoms with Gasteiger partial charge in [-0.3, -0.25) is 4.99 Å². The molecular formula is C24H17BrN2S. The zero-order valence-electron chi connectivity index (χ0n) is 15.0. The van der Waals surface area contributed by atoms with Gasteiger partial charge in [0.1, 0.15) is 6.04 Å². The molecule has 28 heavy (non-hydrogen) atoms. The van der Waals surface area contributed by atoms with Gasteiger partial charge in [-0.25, -0.2) is 0 Å². The lowest BCUT2D eigenvalue weighted by Crippen LogP contribution is -2.12. The molecule has 2 nitrogen and oxygen atoms in total. The number of aliphatic imine (C=N–C) groups is 1. The maximum atomic E-state index is 9.79. The molecule has 1 atom stereocenters. The van der Waals surface area contributed by atoms with Gasteiger partial charge >= 0.3 is 0 Å². The minimum absolute atomic E-state index is 0.448. The van der Waals surface area contributed by atoms with Crippen LogP contribution in [0.25, 0.3) is 10.1 Å². The maximum absolute atomic E-state index is 9.79. The predicted molar refractivity (Wildman–Crippen MR) is 121 cm³/mol. The van der Waals surface area contributed by atoms with Crippen LogP contribution >= 0.6 is 27.3 Å². The van der Waals surface area contributed by atoms with E-state index >= 15 is 0 Å². The van der Waals surface area contributed by atoms with Crippen molar-refractivity contribution in [3.8, 4) is 6.07 Å². The normalized spacial score (nSPS) is 11.7. The molecule has 0 saturated carbocycles. The van der Waals surface area contributed by atoms with Crippen molar-refractivity contribution in [1.82, 2.24) is 0 Å². The Morgan fingerprint density at radius 1 is 0.929 bits per heavy atom. The highest BCUT2D eigenvalue weighted by Gasteiger charge is 2.13. The molecule has 4 heteroatoms.